The fraction of sp³-hybridized carbons (Fsp3) is 0.364. The van der Waals surface area contributed by atoms with E-state index in [1.54, 1.807) is 12.1 Å². The van der Waals surface area contributed by atoms with E-state index in [2.05, 4.69) is 15.9 Å². The molecule has 82 valence electrons. The Labute approximate surface area is 102 Å². The first-order chi connectivity index (χ1) is 6.83. The lowest BCUT2D eigenvalue weighted by Gasteiger charge is -2.24. The molecule has 0 amide bonds. The molecule has 0 radical (unpaired) electrons. The van der Waals surface area contributed by atoms with Crippen molar-refractivity contribution in [3.8, 4) is 0 Å². The lowest BCUT2D eigenvalue weighted by molar-refractivity contribution is -0.138. The quantitative estimate of drug-likeness (QED) is 0.918. The van der Waals surface area contributed by atoms with Crippen LogP contribution in [-0.4, -0.2) is 11.1 Å². The van der Waals surface area contributed by atoms with E-state index in [-0.39, 0.29) is 6.42 Å². The molecule has 1 rings (SSSR count). The minimum Gasteiger partial charge on any atom is -0.481 e. The highest BCUT2D eigenvalue weighted by Gasteiger charge is 2.26. The number of carboxylic acids is 1. The van der Waals surface area contributed by atoms with Gasteiger partial charge in [-0.15, -0.1) is 0 Å². The monoisotopic (exact) mass is 290 g/mol. The van der Waals surface area contributed by atoms with E-state index in [1.165, 1.54) is 0 Å². The molecular weight excluding hydrogens is 279 g/mol. The van der Waals surface area contributed by atoms with Crippen LogP contribution < -0.4 is 0 Å². The predicted octanol–water partition coefficient (Wildman–Crippen LogP) is 3.85. The summed E-state index contributed by atoms with van der Waals surface area (Å²) in [5, 5.41) is 9.44. The average Bonchev–Trinajstić information content (AvgIpc) is 2.06. The molecule has 0 spiro atoms. The van der Waals surface area contributed by atoms with Crippen molar-refractivity contribution in [3.05, 3.63) is 33.3 Å². The summed E-state index contributed by atoms with van der Waals surface area (Å²) in [6.07, 6.45) is 0.0753. The van der Waals surface area contributed by atoms with Crippen LogP contribution in [0.25, 0.3) is 0 Å². The van der Waals surface area contributed by atoms with Crippen molar-refractivity contribution in [1.29, 1.82) is 0 Å². The third kappa shape index (κ3) is 3.21. The second-order valence-corrected chi connectivity index (χ2v) is 5.37. The number of benzene rings is 1. The summed E-state index contributed by atoms with van der Waals surface area (Å²) in [7, 11) is 0. The third-order valence-corrected chi connectivity index (χ3v) is 3.18. The summed E-state index contributed by atoms with van der Waals surface area (Å²) in [6, 6.07) is 5.40. The van der Waals surface area contributed by atoms with E-state index in [9.17, 15) is 4.79 Å². The molecule has 4 heteroatoms. The van der Waals surface area contributed by atoms with Crippen LogP contribution in [0.15, 0.2) is 22.7 Å². The van der Waals surface area contributed by atoms with Gasteiger partial charge in [0.2, 0.25) is 0 Å². The topological polar surface area (TPSA) is 37.3 Å². The standard InChI is InChI=1S/C11H12BrClO2/c1-11(2,6-10(14)15)8-5-7(13)3-4-9(8)12/h3-5H,6H2,1-2H3,(H,14,15). The van der Waals surface area contributed by atoms with Gasteiger partial charge in [-0.2, -0.15) is 0 Å². The van der Waals surface area contributed by atoms with Crippen LogP contribution in [0, 0.1) is 0 Å². The molecule has 0 heterocycles. The Morgan fingerprint density at radius 3 is 2.67 bits per heavy atom. The molecule has 0 bridgehead atoms. The first-order valence-electron chi connectivity index (χ1n) is 4.50. The van der Waals surface area contributed by atoms with Crippen molar-refractivity contribution in [2.24, 2.45) is 0 Å². The number of carboxylic acid groups (broad SMARTS) is 1. The molecule has 0 aromatic heterocycles. The molecule has 0 aliphatic carbocycles. The Kier molecular flexibility index (Phi) is 3.79. The fourth-order valence-corrected chi connectivity index (χ4v) is 2.44. The highest BCUT2D eigenvalue weighted by molar-refractivity contribution is 9.10. The number of hydrogen-bond donors (Lipinski definition) is 1. The van der Waals surface area contributed by atoms with Gasteiger partial charge in [-0.25, -0.2) is 0 Å². The van der Waals surface area contributed by atoms with Gasteiger partial charge in [0, 0.05) is 14.9 Å². The van der Waals surface area contributed by atoms with Crippen molar-refractivity contribution >= 4 is 33.5 Å². The lowest BCUT2D eigenvalue weighted by Crippen LogP contribution is -2.22. The maximum Gasteiger partial charge on any atom is 0.304 e. The van der Waals surface area contributed by atoms with Gasteiger partial charge in [0.1, 0.15) is 0 Å². The summed E-state index contributed by atoms with van der Waals surface area (Å²) in [5.74, 6) is -0.813. The summed E-state index contributed by atoms with van der Waals surface area (Å²) in [4.78, 5) is 10.7. The zero-order chi connectivity index (χ0) is 11.6. The van der Waals surface area contributed by atoms with E-state index in [1.807, 2.05) is 19.9 Å². The number of aliphatic carboxylic acids is 1. The Hall–Kier alpha value is -0.540. The molecule has 0 aliphatic heterocycles. The molecular formula is C11H12BrClO2. The highest BCUT2D eigenvalue weighted by Crippen LogP contribution is 2.34. The largest absolute Gasteiger partial charge is 0.481 e. The summed E-state index contributed by atoms with van der Waals surface area (Å²) in [5.41, 5.74) is 0.479. The number of rotatable bonds is 3. The zero-order valence-corrected chi connectivity index (χ0v) is 10.9. The van der Waals surface area contributed by atoms with E-state index < -0.39 is 11.4 Å². The number of hydrogen-bond acceptors (Lipinski definition) is 1. The molecule has 0 unspecified atom stereocenters. The summed E-state index contributed by atoms with van der Waals surface area (Å²) < 4.78 is 0.887. The third-order valence-electron chi connectivity index (χ3n) is 2.25. The lowest BCUT2D eigenvalue weighted by atomic mass is 9.82. The van der Waals surface area contributed by atoms with Crippen LogP contribution in [-0.2, 0) is 10.2 Å². The van der Waals surface area contributed by atoms with Crippen LogP contribution in [0.1, 0.15) is 25.8 Å². The van der Waals surface area contributed by atoms with Gasteiger partial charge >= 0.3 is 5.97 Å². The first-order valence-corrected chi connectivity index (χ1v) is 5.67. The molecule has 1 N–H and O–H groups in total. The Morgan fingerprint density at radius 1 is 1.53 bits per heavy atom. The van der Waals surface area contributed by atoms with E-state index in [0.29, 0.717) is 5.02 Å². The minimum atomic E-state index is -0.813. The summed E-state index contributed by atoms with van der Waals surface area (Å²) >= 11 is 9.30. The second kappa shape index (κ2) is 4.54. The Balaban J connectivity index is 3.13. The van der Waals surface area contributed by atoms with Crippen molar-refractivity contribution in [1.82, 2.24) is 0 Å². The second-order valence-electron chi connectivity index (χ2n) is 4.08. The normalized spacial score (nSPS) is 11.5. The predicted molar refractivity (Wildman–Crippen MR) is 64.4 cm³/mol. The average molecular weight is 292 g/mol. The van der Waals surface area contributed by atoms with Crippen LogP contribution >= 0.6 is 27.5 Å². The maximum atomic E-state index is 10.7. The maximum absolute atomic E-state index is 10.7. The van der Waals surface area contributed by atoms with Gasteiger partial charge in [0.25, 0.3) is 0 Å². The first kappa shape index (κ1) is 12.5. The molecule has 1 aromatic carbocycles. The highest BCUT2D eigenvalue weighted by atomic mass is 79.9. The number of carbonyl (C=O) groups is 1. The van der Waals surface area contributed by atoms with Gasteiger partial charge in [-0.1, -0.05) is 41.4 Å². The van der Waals surface area contributed by atoms with E-state index in [4.69, 9.17) is 16.7 Å². The molecule has 15 heavy (non-hydrogen) atoms. The van der Waals surface area contributed by atoms with E-state index in [0.717, 1.165) is 10.0 Å². The van der Waals surface area contributed by atoms with Crippen LogP contribution in [0.2, 0.25) is 5.02 Å². The van der Waals surface area contributed by atoms with Gasteiger partial charge < -0.3 is 5.11 Å². The fourth-order valence-electron chi connectivity index (χ4n) is 1.49. The van der Waals surface area contributed by atoms with Crippen molar-refractivity contribution in [3.63, 3.8) is 0 Å². The van der Waals surface area contributed by atoms with Gasteiger partial charge in [0.15, 0.2) is 0 Å². The van der Waals surface area contributed by atoms with Crippen LogP contribution in [0.3, 0.4) is 0 Å². The molecule has 1 aromatic rings. The molecule has 0 atom stereocenters. The molecule has 2 nitrogen and oxygen atoms in total. The SMILES string of the molecule is CC(C)(CC(=O)O)c1cc(Cl)ccc1Br. The Morgan fingerprint density at radius 2 is 2.13 bits per heavy atom. The summed E-state index contributed by atoms with van der Waals surface area (Å²) in [6.45, 7) is 3.77. The van der Waals surface area contributed by atoms with Crippen LogP contribution in [0.5, 0.6) is 0 Å². The van der Waals surface area contributed by atoms with Gasteiger partial charge in [-0.05, 0) is 23.8 Å². The zero-order valence-electron chi connectivity index (χ0n) is 8.55. The van der Waals surface area contributed by atoms with Crippen molar-refractivity contribution in [2.45, 2.75) is 25.7 Å². The minimum absolute atomic E-state index is 0.0753. The van der Waals surface area contributed by atoms with Gasteiger partial charge in [-0.3, -0.25) is 4.79 Å². The smallest absolute Gasteiger partial charge is 0.304 e. The molecule has 0 aliphatic rings. The Bertz CT molecular complexity index is 388. The van der Waals surface area contributed by atoms with Gasteiger partial charge in [0.05, 0.1) is 6.42 Å². The van der Waals surface area contributed by atoms with Crippen LogP contribution in [0.4, 0.5) is 0 Å². The number of halogens is 2. The van der Waals surface area contributed by atoms with Crippen molar-refractivity contribution < 1.29 is 9.90 Å². The van der Waals surface area contributed by atoms with E-state index >= 15 is 0 Å². The molecule has 0 saturated carbocycles. The molecule has 0 saturated heterocycles. The molecule has 0 fully saturated rings. The van der Waals surface area contributed by atoms with Crippen molar-refractivity contribution in [2.75, 3.05) is 0 Å².